The molecule has 0 aliphatic heterocycles. The summed E-state index contributed by atoms with van der Waals surface area (Å²) >= 11 is 0. The summed E-state index contributed by atoms with van der Waals surface area (Å²) in [5, 5.41) is 19.7. The first-order valence-corrected chi connectivity index (χ1v) is 12.6. The van der Waals surface area contributed by atoms with Gasteiger partial charge in [0.15, 0.2) is 0 Å². The maximum Gasteiger partial charge on any atom is 0.210 e. The fourth-order valence-electron chi connectivity index (χ4n) is 3.13. The third-order valence-corrected chi connectivity index (χ3v) is 8.45. The lowest BCUT2D eigenvalue weighted by Gasteiger charge is -2.10. The van der Waals surface area contributed by atoms with Gasteiger partial charge in [-0.2, -0.15) is 0 Å². The first-order chi connectivity index (χ1) is 15.7. The minimum absolute atomic E-state index is 0.0135. The number of benzene rings is 4. The highest BCUT2D eigenvalue weighted by atomic mass is 32.2. The van der Waals surface area contributed by atoms with E-state index in [1.807, 2.05) is 0 Å². The molecule has 0 spiro atoms. The van der Waals surface area contributed by atoms with Crippen LogP contribution < -0.4 is 4.74 Å². The lowest BCUT2D eigenvalue weighted by Crippen LogP contribution is -2.02. The second-order valence-corrected chi connectivity index (χ2v) is 10.8. The number of rotatable bonds is 6. The lowest BCUT2D eigenvalue weighted by molar-refractivity contribution is 0.458. The SMILES string of the molecule is O=S(=O)(c1ccc(Oc2ccc(S(=O)(=O)c3ccccc3O)cc2)cc1)c1ccccc1O. The van der Waals surface area contributed by atoms with E-state index < -0.39 is 19.7 Å². The van der Waals surface area contributed by atoms with Gasteiger partial charge >= 0.3 is 0 Å². The highest BCUT2D eigenvalue weighted by molar-refractivity contribution is 7.92. The largest absolute Gasteiger partial charge is 0.507 e. The van der Waals surface area contributed by atoms with Crippen LogP contribution >= 0.6 is 0 Å². The second-order valence-electron chi connectivity index (χ2n) is 6.99. The van der Waals surface area contributed by atoms with Crippen LogP contribution in [-0.4, -0.2) is 27.0 Å². The number of ether oxygens (including phenoxy) is 1. The Balaban J connectivity index is 1.54. The topological polar surface area (TPSA) is 118 Å². The molecule has 0 bridgehead atoms. The summed E-state index contributed by atoms with van der Waals surface area (Å²) in [5.74, 6) is -0.00142. The molecule has 33 heavy (non-hydrogen) atoms. The van der Waals surface area contributed by atoms with Crippen LogP contribution in [0.4, 0.5) is 0 Å². The number of phenolic OH excluding ortho intramolecular Hbond substituents is 2. The summed E-state index contributed by atoms with van der Waals surface area (Å²) in [6, 6.07) is 22.6. The molecule has 4 aromatic carbocycles. The molecule has 0 unspecified atom stereocenters. The molecule has 0 heterocycles. The van der Waals surface area contributed by atoms with Crippen LogP contribution in [0.2, 0.25) is 0 Å². The Morgan fingerprint density at radius 2 is 0.818 bits per heavy atom. The standard InChI is InChI=1S/C24H18O7S2/c25-21-5-1-3-7-23(21)32(27,28)19-13-9-17(10-14-19)31-18-11-15-20(16-12-18)33(29,30)24-8-4-2-6-22(24)26/h1-16,25-26H. The molecule has 0 saturated carbocycles. The Labute approximate surface area is 191 Å². The van der Waals surface area contributed by atoms with Crippen LogP contribution in [0, 0.1) is 0 Å². The Morgan fingerprint density at radius 1 is 0.485 bits per heavy atom. The van der Waals surface area contributed by atoms with Crippen molar-refractivity contribution in [2.45, 2.75) is 19.6 Å². The van der Waals surface area contributed by atoms with Gasteiger partial charge in [0.2, 0.25) is 19.7 Å². The predicted octanol–water partition coefficient (Wildman–Crippen LogP) is 4.56. The summed E-state index contributed by atoms with van der Waals surface area (Å²) in [4.78, 5) is -0.416. The van der Waals surface area contributed by atoms with Crippen molar-refractivity contribution in [3.63, 3.8) is 0 Å². The molecule has 0 aliphatic rings. The first-order valence-electron chi connectivity index (χ1n) is 9.64. The molecule has 9 heteroatoms. The van der Waals surface area contributed by atoms with Crippen LogP contribution in [-0.2, 0) is 19.7 Å². The summed E-state index contributed by atoms with van der Waals surface area (Å²) in [5.41, 5.74) is 0. The zero-order valence-electron chi connectivity index (χ0n) is 17.0. The maximum absolute atomic E-state index is 12.7. The molecule has 0 atom stereocenters. The van der Waals surface area contributed by atoms with Gasteiger partial charge in [0.25, 0.3) is 0 Å². The quantitative estimate of drug-likeness (QED) is 0.414. The normalized spacial score (nSPS) is 11.8. The van der Waals surface area contributed by atoms with Crippen molar-refractivity contribution in [3.05, 3.63) is 97.1 Å². The number of hydrogen-bond donors (Lipinski definition) is 2. The average Bonchev–Trinajstić information content (AvgIpc) is 2.80. The minimum Gasteiger partial charge on any atom is -0.507 e. The molecule has 168 valence electrons. The third kappa shape index (κ3) is 4.41. The molecular weight excluding hydrogens is 464 g/mol. The Bertz CT molecular complexity index is 1390. The second kappa shape index (κ2) is 8.61. The lowest BCUT2D eigenvalue weighted by atomic mass is 10.3. The molecule has 0 amide bonds. The Kier molecular flexibility index (Phi) is 5.84. The van der Waals surface area contributed by atoms with Gasteiger partial charge in [-0.1, -0.05) is 24.3 Å². The fourth-order valence-corrected chi connectivity index (χ4v) is 5.83. The molecule has 0 saturated heterocycles. The van der Waals surface area contributed by atoms with Gasteiger partial charge in [0, 0.05) is 0 Å². The summed E-state index contributed by atoms with van der Waals surface area (Å²) < 4.78 is 56.6. The first kappa shape index (κ1) is 22.4. The third-order valence-electron chi connectivity index (χ3n) is 4.81. The number of hydrogen-bond acceptors (Lipinski definition) is 7. The highest BCUT2D eigenvalue weighted by Crippen LogP contribution is 2.32. The van der Waals surface area contributed by atoms with Gasteiger partial charge < -0.3 is 14.9 Å². The Hall–Kier alpha value is -3.82. The van der Waals surface area contributed by atoms with Crippen LogP contribution in [0.1, 0.15) is 0 Å². The van der Waals surface area contributed by atoms with E-state index in [0.29, 0.717) is 11.5 Å². The van der Waals surface area contributed by atoms with E-state index in [1.54, 1.807) is 0 Å². The van der Waals surface area contributed by atoms with E-state index in [2.05, 4.69) is 0 Å². The van der Waals surface area contributed by atoms with Gasteiger partial charge in [-0.05, 0) is 72.8 Å². The molecule has 2 N–H and O–H groups in total. The predicted molar refractivity (Wildman–Crippen MR) is 120 cm³/mol. The minimum atomic E-state index is -3.90. The van der Waals surface area contributed by atoms with Gasteiger partial charge in [-0.25, -0.2) is 16.8 Å². The van der Waals surface area contributed by atoms with E-state index in [9.17, 15) is 27.0 Å². The average molecular weight is 483 g/mol. The monoisotopic (exact) mass is 482 g/mol. The zero-order valence-corrected chi connectivity index (χ0v) is 18.6. The smallest absolute Gasteiger partial charge is 0.210 e. The fraction of sp³-hybridized carbons (Fsp3) is 0. The van der Waals surface area contributed by atoms with E-state index in [0.717, 1.165) is 0 Å². The summed E-state index contributed by atoms with van der Waals surface area (Å²) in [7, 11) is -7.81. The van der Waals surface area contributed by atoms with Crippen molar-refractivity contribution in [1.29, 1.82) is 0 Å². The number of sulfone groups is 2. The molecule has 0 aliphatic carbocycles. The van der Waals surface area contributed by atoms with Gasteiger partial charge in [-0.15, -0.1) is 0 Å². The van der Waals surface area contributed by atoms with Crippen molar-refractivity contribution in [1.82, 2.24) is 0 Å². The van der Waals surface area contributed by atoms with Crippen molar-refractivity contribution >= 4 is 19.7 Å². The van der Waals surface area contributed by atoms with Crippen LogP contribution in [0.15, 0.2) is 117 Å². The zero-order chi connectivity index (χ0) is 23.6. The van der Waals surface area contributed by atoms with E-state index in [1.165, 1.54) is 97.1 Å². The molecule has 0 fully saturated rings. The molecule has 4 aromatic rings. The van der Waals surface area contributed by atoms with Gasteiger partial charge in [0.1, 0.15) is 32.8 Å². The van der Waals surface area contributed by atoms with Gasteiger partial charge in [0.05, 0.1) is 9.79 Å². The number of para-hydroxylation sites is 2. The molecule has 0 aromatic heterocycles. The molecule has 4 rings (SSSR count). The number of aromatic hydroxyl groups is 2. The van der Waals surface area contributed by atoms with Crippen LogP contribution in [0.3, 0.4) is 0 Å². The van der Waals surface area contributed by atoms with E-state index >= 15 is 0 Å². The summed E-state index contributed by atoms with van der Waals surface area (Å²) in [6.45, 7) is 0. The summed E-state index contributed by atoms with van der Waals surface area (Å²) in [6.07, 6.45) is 0. The Morgan fingerprint density at radius 3 is 1.15 bits per heavy atom. The van der Waals surface area contributed by atoms with E-state index in [4.69, 9.17) is 4.74 Å². The van der Waals surface area contributed by atoms with Crippen LogP contribution in [0.5, 0.6) is 23.0 Å². The molecular formula is C24H18O7S2. The van der Waals surface area contributed by atoms with Crippen molar-refractivity contribution in [2.24, 2.45) is 0 Å². The maximum atomic E-state index is 12.7. The molecule has 7 nitrogen and oxygen atoms in total. The van der Waals surface area contributed by atoms with E-state index in [-0.39, 0.29) is 31.1 Å². The number of phenols is 2. The van der Waals surface area contributed by atoms with Crippen molar-refractivity contribution < 1.29 is 31.8 Å². The highest BCUT2D eigenvalue weighted by Gasteiger charge is 2.22. The van der Waals surface area contributed by atoms with Gasteiger partial charge in [-0.3, -0.25) is 0 Å². The van der Waals surface area contributed by atoms with Crippen molar-refractivity contribution in [3.8, 4) is 23.0 Å². The van der Waals surface area contributed by atoms with Crippen molar-refractivity contribution in [2.75, 3.05) is 0 Å². The van der Waals surface area contributed by atoms with Crippen LogP contribution in [0.25, 0.3) is 0 Å². The molecule has 0 radical (unpaired) electrons.